The monoisotopic (exact) mass is 539 g/mol. The van der Waals surface area contributed by atoms with Crippen LogP contribution in [0.25, 0.3) is 0 Å². The van der Waals surface area contributed by atoms with E-state index >= 15 is 0 Å². The van der Waals surface area contributed by atoms with Crippen LogP contribution in [0.2, 0.25) is 0 Å². The number of aliphatic carboxylic acids is 1. The van der Waals surface area contributed by atoms with Gasteiger partial charge in [-0.05, 0) is 5.57 Å². The summed E-state index contributed by atoms with van der Waals surface area (Å²) in [5, 5.41) is 31.6. The topological polar surface area (TPSA) is 210 Å². The van der Waals surface area contributed by atoms with E-state index in [0.29, 0.717) is 21.4 Å². The fourth-order valence-corrected chi connectivity index (χ4v) is 6.43. The number of β-lactam (4-membered cyclic amide) rings is 1. The van der Waals surface area contributed by atoms with E-state index < -0.39 is 35.8 Å². The van der Waals surface area contributed by atoms with Crippen molar-refractivity contribution in [3.05, 3.63) is 22.6 Å². The summed E-state index contributed by atoms with van der Waals surface area (Å²) in [6.07, 6.45) is 0. The van der Waals surface area contributed by atoms with Crippen molar-refractivity contribution in [2.45, 2.75) is 15.8 Å². The quantitative estimate of drug-likeness (QED) is 0.123. The van der Waals surface area contributed by atoms with Crippen LogP contribution in [-0.4, -0.2) is 82.6 Å². The summed E-state index contributed by atoms with van der Waals surface area (Å²) in [6.45, 7) is -0.421. The van der Waals surface area contributed by atoms with E-state index in [4.69, 9.17) is 15.8 Å². The summed E-state index contributed by atoms with van der Waals surface area (Å²) in [6, 6.07) is 0.709. The van der Waals surface area contributed by atoms with Crippen LogP contribution in [0.4, 0.5) is 5.13 Å². The van der Waals surface area contributed by atoms with Gasteiger partial charge in [0.1, 0.15) is 28.7 Å². The van der Waals surface area contributed by atoms with Gasteiger partial charge in [0.05, 0.1) is 0 Å². The maximum Gasteiger partial charge on any atom is 0.352 e. The lowest BCUT2D eigenvalue weighted by Gasteiger charge is -2.49. The van der Waals surface area contributed by atoms with Gasteiger partial charge < -0.3 is 21.0 Å². The molecule has 1 saturated heterocycles. The van der Waals surface area contributed by atoms with Crippen LogP contribution >= 0.6 is 46.4 Å². The molecule has 2 amide bonds. The van der Waals surface area contributed by atoms with Crippen LogP contribution in [0.15, 0.2) is 26.3 Å². The van der Waals surface area contributed by atoms with Crippen molar-refractivity contribution in [2.24, 2.45) is 5.16 Å². The minimum Gasteiger partial charge on any atom is -0.477 e. The maximum absolute atomic E-state index is 12.9. The SMILES string of the molecule is N#CCON=C(C(=O)NC1C(=O)N2C(C(=O)O)=C(CSc3nncs3)CS[C@@H]12)c1nsc(N)n1. The molecule has 0 spiro atoms. The van der Waals surface area contributed by atoms with Gasteiger partial charge in [0.2, 0.25) is 18.1 Å². The first-order chi connectivity index (χ1) is 16.4. The molecule has 4 rings (SSSR count). The molecule has 2 aliphatic rings. The Balaban J connectivity index is 1.49. The number of nitrogens with zero attached hydrogens (tertiary/aromatic N) is 7. The Morgan fingerprint density at radius 1 is 1.50 bits per heavy atom. The summed E-state index contributed by atoms with van der Waals surface area (Å²) < 4.78 is 4.59. The van der Waals surface area contributed by atoms with Crippen molar-refractivity contribution in [1.82, 2.24) is 29.8 Å². The minimum absolute atomic E-state index is 0.0830. The van der Waals surface area contributed by atoms with E-state index in [1.807, 2.05) is 0 Å². The zero-order valence-electron chi connectivity index (χ0n) is 16.8. The number of hydrogen-bond donors (Lipinski definition) is 3. The Morgan fingerprint density at radius 2 is 2.32 bits per heavy atom. The van der Waals surface area contributed by atoms with Crippen molar-refractivity contribution >= 4 is 75.0 Å². The molecule has 14 nitrogen and oxygen atoms in total. The molecule has 1 fully saturated rings. The Labute approximate surface area is 207 Å². The molecule has 2 aromatic rings. The highest BCUT2D eigenvalue weighted by Gasteiger charge is 2.54. The zero-order chi connectivity index (χ0) is 24.2. The van der Waals surface area contributed by atoms with E-state index in [-0.39, 0.29) is 22.4 Å². The van der Waals surface area contributed by atoms with Gasteiger partial charge in [-0.2, -0.15) is 14.6 Å². The number of carboxylic acid groups (broad SMARTS) is 1. The summed E-state index contributed by atoms with van der Waals surface area (Å²) in [7, 11) is 0. The summed E-state index contributed by atoms with van der Waals surface area (Å²) in [5.41, 5.74) is 7.25. The molecule has 2 atom stereocenters. The Kier molecular flexibility index (Phi) is 7.26. The number of nitrogens with two attached hydrogens (primary N) is 1. The predicted molar refractivity (Wildman–Crippen MR) is 123 cm³/mol. The number of nitriles is 1. The van der Waals surface area contributed by atoms with Crippen molar-refractivity contribution < 1.29 is 24.3 Å². The molecule has 0 radical (unpaired) electrons. The van der Waals surface area contributed by atoms with Gasteiger partial charge in [-0.3, -0.25) is 14.5 Å². The van der Waals surface area contributed by atoms with Crippen molar-refractivity contribution in [3.8, 4) is 6.07 Å². The average molecular weight is 540 g/mol. The van der Waals surface area contributed by atoms with Crippen LogP contribution in [0.3, 0.4) is 0 Å². The third kappa shape index (κ3) is 4.82. The number of nitrogen functional groups attached to an aromatic ring is 1. The number of fused-ring (bicyclic) bond motifs is 1. The molecule has 0 aliphatic carbocycles. The summed E-state index contributed by atoms with van der Waals surface area (Å²) in [4.78, 5) is 47.5. The first-order valence-electron chi connectivity index (χ1n) is 9.17. The van der Waals surface area contributed by atoms with Crippen LogP contribution in [-0.2, 0) is 19.2 Å². The van der Waals surface area contributed by atoms with Crippen LogP contribution in [0.5, 0.6) is 0 Å². The molecule has 0 aromatic carbocycles. The molecule has 18 heteroatoms. The number of thioether (sulfide) groups is 2. The van der Waals surface area contributed by atoms with Crippen molar-refractivity contribution in [1.29, 1.82) is 5.26 Å². The maximum atomic E-state index is 12.9. The number of aromatic nitrogens is 4. The highest BCUT2D eigenvalue weighted by Crippen LogP contribution is 2.41. The average Bonchev–Trinajstić information content (AvgIpc) is 3.49. The van der Waals surface area contributed by atoms with Gasteiger partial charge in [-0.25, -0.2) is 4.79 Å². The van der Waals surface area contributed by atoms with Gasteiger partial charge in [0.15, 0.2) is 9.47 Å². The first-order valence-corrected chi connectivity index (χ1v) is 12.9. The number of carbonyl (C=O) groups is 3. The van der Waals surface area contributed by atoms with Gasteiger partial charge >= 0.3 is 5.97 Å². The lowest BCUT2D eigenvalue weighted by atomic mass is 10.0. The number of carboxylic acids is 1. The van der Waals surface area contributed by atoms with Crippen molar-refractivity contribution in [3.63, 3.8) is 0 Å². The number of hydrogen-bond acceptors (Lipinski definition) is 15. The number of rotatable bonds is 9. The second-order valence-electron chi connectivity index (χ2n) is 6.44. The number of anilines is 1. The first kappa shape index (κ1) is 23.9. The Hall–Kier alpha value is -3.27. The number of nitrogens with one attached hydrogen (secondary N) is 1. The van der Waals surface area contributed by atoms with Gasteiger partial charge in [0.25, 0.3) is 11.8 Å². The third-order valence-electron chi connectivity index (χ3n) is 4.40. The molecule has 2 aliphatic heterocycles. The molecule has 176 valence electrons. The van der Waals surface area contributed by atoms with Gasteiger partial charge in [-0.15, -0.1) is 22.0 Å². The second-order valence-corrected chi connectivity index (χ2v) is 10.4. The molecular formula is C16H13N9O5S4. The van der Waals surface area contributed by atoms with Crippen molar-refractivity contribution in [2.75, 3.05) is 23.8 Å². The zero-order valence-corrected chi connectivity index (χ0v) is 20.0. The highest BCUT2D eigenvalue weighted by molar-refractivity contribution is 8.01. The number of oxime groups is 1. The standard InChI is InChI=1S/C16H13N9O5S4/c17-1-2-30-23-7(10-21-15(18)34-24-10)11(26)20-8-12(27)25-9(14(28)29)6(3-31-13(8)25)4-32-16-22-19-5-33-16/h5,8,13H,2-4H2,(H,20,26)(H,28,29)(H2,18,21,24)/t8?,13-/m0/s1. The van der Waals surface area contributed by atoms with E-state index in [2.05, 4.69) is 30.0 Å². The van der Waals surface area contributed by atoms with E-state index in [1.165, 1.54) is 39.8 Å². The van der Waals surface area contributed by atoms with E-state index in [0.717, 1.165) is 11.5 Å². The predicted octanol–water partition coefficient (Wildman–Crippen LogP) is -0.253. The summed E-state index contributed by atoms with van der Waals surface area (Å²) in [5.74, 6) is -2.07. The van der Waals surface area contributed by atoms with Gasteiger partial charge in [-0.1, -0.05) is 28.3 Å². The molecular weight excluding hydrogens is 527 g/mol. The molecule has 1 unspecified atom stereocenters. The smallest absolute Gasteiger partial charge is 0.352 e. The molecule has 4 N–H and O–H groups in total. The van der Waals surface area contributed by atoms with Crippen LogP contribution in [0, 0.1) is 11.3 Å². The summed E-state index contributed by atoms with van der Waals surface area (Å²) >= 11 is 4.82. The number of amides is 2. The van der Waals surface area contributed by atoms with E-state index in [1.54, 1.807) is 11.6 Å². The molecule has 4 heterocycles. The number of carbonyl (C=O) groups excluding carboxylic acids is 2. The molecule has 34 heavy (non-hydrogen) atoms. The molecule has 0 bridgehead atoms. The molecule has 2 aromatic heterocycles. The Bertz CT molecular complexity index is 1220. The minimum atomic E-state index is -1.23. The highest BCUT2D eigenvalue weighted by atomic mass is 32.2. The fourth-order valence-electron chi connectivity index (χ4n) is 3.02. The van der Waals surface area contributed by atoms with Crippen LogP contribution < -0.4 is 11.1 Å². The third-order valence-corrected chi connectivity index (χ3v) is 8.23. The fraction of sp³-hybridized carbons (Fsp3) is 0.312. The lowest BCUT2D eigenvalue weighted by molar-refractivity contribution is -0.150. The normalized spacial score (nSPS) is 19.8. The van der Waals surface area contributed by atoms with Crippen LogP contribution in [0.1, 0.15) is 5.82 Å². The van der Waals surface area contributed by atoms with E-state index in [9.17, 15) is 19.5 Å². The Morgan fingerprint density at radius 3 is 2.97 bits per heavy atom. The second kappa shape index (κ2) is 10.3. The largest absolute Gasteiger partial charge is 0.477 e. The molecule has 0 saturated carbocycles. The lowest BCUT2D eigenvalue weighted by Crippen LogP contribution is -2.71. The van der Waals surface area contributed by atoms with Gasteiger partial charge in [0, 0.05) is 23.0 Å².